The fraction of sp³-hybridized carbons (Fsp3) is 0.286. The number of ether oxygens (including phenoxy) is 1. The highest BCUT2D eigenvalue weighted by Gasteiger charge is 2.16. The Kier molecular flexibility index (Phi) is 7.37. The summed E-state index contributed by atoms with van der Waals surface area (Å²) in [4.78, 5) is 28.4. The first kappa shape index (κ1) is 21.7. The predicted molar refractivity (Wildman–Crippen MR) is 115 cm³/mol. The first-order valence-electron chi connectivity index (χ1n) is 9.48. The number of carbonyl (C=O) groups excluding carboxylic acids is 2. The van der Waals surface area contributed by atoms with E-state index in [2.05, 4.69) is 20.9 Å². The number of nitrogens with zero attached hydrogens (tertiary/aromatic N) is 1. The highest BCUT2D eigenvalue weighted by atomic mass is 35.5. The minimum atomic E-state index is -0.543. The number of hydrogen-bond acceptors (Lipinski definition) is 4. The highest BCUT2D eigenvalue weighted by molar-refractivity contribution is 6.31. The molecule has 0 aromatic heterocycles. The summed E-state index contributed by atoms with van der Waals surface area (Å²) in [5, 5.41) is 8.26. The van der Waals surface area contributed by atoms with Crippen LogP contribution in [0.4, 0.5) is 15.8 Å². The molecule has 2 amide bonds. The SMILES string of the molecule is CC(=O)Nc1cccc(C(=O)NC(=NC[C@H]2CCCO2)Nc2ccc(F)c(Cl)c2)c1. The molecule has 1 heterocycles. The van der Waals surface area contributed by atoms with Gasteiger partial charge >= 0.3 is 0 Å². The fourth-order valence-corrected chi connectivity index (χ4v) is 3.10. The van der Waals surface area contributed by atoms with Crippen LogP contribution < -0.4 is 16.0 Å². The van der Waals surface area contributed by atoms with Crippen molar-refractivity contribution in [2.75, 3.05) is 23.8 Å². The molecule has 158 valence electrons. The third kappa shape index (κ3) is 6.27. The third-order valence-electron chi connectivity index (χ3n) is 4.34. The predicted octanol–water partition coefficient (Wildman–Crippen LogP) is 3.81. The molecule has 1 saturated heterocycles. The van der Waals surface area contributed by atoms with Gasteiger partial charge in [-0.15, -0.1) is 0 Å². The second-order valence-electron chi connectivity index (χ2n) is 6.79. The van der Waals surface area contributed by atoms with Crippen LogP contribution in [0.2, 0.25) is 5.02 Å². The van der Waals surface area contributed by atoms with Gasteiger partial charge in [0.05, 0.1) is 17.7 Å². The molecular formula is C21H22ClFN4O3. The molecule has 30 heavy (non-hydrogen) atoms. The summed E-state index contributed by atoms with van der Waals surface area (Å²) in [5.41, 5.74) is 1.32. The van der Waals surface area contributed by atoms with E-state index in [4.69, 9.17) is 16.3 Å². The Hall–Kier alpha value is -2.97. The van der Waals surface area contributed by atoms with Gasteiger partial charge < -0.3 is 15.4 Å². The molecular weight excluding hydrogens is 411 g/mol. The summed E-state index contributed by atoms with van der Waals surface area (Å²) in [5.74, 6) is -1.02. The maximum atomic E-state index is 13.4. The number of halogens is 2. The number of anilines is 2. The van der Waals surface area contributed by atoms with Crippen LogP contribution in [0.15, 0.2) is 47.5 Å². The molecule has 1 atom stereocenters. The van der Waals surface area contributed by atoms with Gasteiger partial charge in [-0.1, -0.05) is 17.7 Å². The minimum Gasteiger partial charge on any atom is -0.376 e. The van der Waals surface area contributed by atoms with Crippen molar-refractivity contribution < 1.29 is 18.7 Å². The molecule has 1 aliphatic heterocycles. The minimum absolute atomic E-state index is 0.0152. The molecule has 2 aromatic carbocycles. The van der Waals surface area contributed by atoms with Crippen LogP contribution in [0.1, 0.15) is 30.1 Å². The molecule has 7 nitrogen and oxygen atoms in total. The molecule has 1 aliphatic rings. The Bertz CT molecular complexity index is 961. The molecule has 0 radical (unpaired) electrons. The topological polar surface area (TPSA) is 91.8 Å². The zero-order chi connectivity index (χ0) is 21.5. The van der Waals surface area contributed by atoms with Crippen LogP contribution in [0.5, 0.6) is 0 Å². The maximum absolute atomic E-state index is 13.4. The molecule has 9 heteroatoms. The van der Waals surface area contributed by atoms with Gasteiger partial charge in [-0.25, -0.2) is 9.38 Å². The Morgan fingerprint density at radius 1 is 1.20 bits per heavy atom. The van der Waals surface area contributed by atoms with Crippen molar-refractivity contribution in [3.8, 4) is 0 Å². The number of amides is 2. The van der Waals surface area contributed by atoms with E-state index in [9.17, 15) is 14.0 Å². The molecule has 0 spiro atoms. The van der Waals surface area contributed by atoms with Gasteiger partial charge in [0.1, 0.15) is 5.82 Å². The molecule has 0 bridgehead atoms. The molecule has 0 unspecified atom stereocenters. The number of hydrogen-bond donors (Lipinski definition) is 3. The van der Waals surface area contributed by atoms with E-state index in [-0.39, 0.29) is 23.0 Å². The Morgan fingerprint density at radius 2 is 2.00 bits per heavy atom. The van der Waals surface area contributed by atoms with E-state index in [1.807, 2.05) is 0 Å². The lowest BCUT2D eigenvalue weighted by atomic mass is 10.2. The number of nitrogens with one attached hydrogen (secondary N) is 3. The first-order chi connectivity index (χ1) is 14.4. The average molecular weight is 433 g/mol. The molecule has 0 aliphatic carbocycles. The zero-order valence-electron chi connectivity index (χ0n) is 16.4. The van der Waals surface area contributed by atoms with E-state index in [0.717, 1.165) is 12.8 Å². The number of carbonyl (C=O) groups is 2. The normalized spacial score (nSPS) is 16.2. The van der Waals surface area contributed by atoms with E-state index in [1.165, 1.54) is 25.1 Å². The van der Waals surface area contributed by atoms with Gasteiger partial charge in [0.15, 0.2) is 0 Å². The lowest BCUT2D eigenvalue weighted by molar-refractivity contribution is -0.114. The zero-order valence-corrected chi connectivity index (χ0v) is 17.1. The first-order valence-corrected chi connectivity index (χ1v) is 9.85. The second kappa shape index (κ2) is 10.2. The third-order valence-corrected chi connectivity index (χ3v) is 4.63. The van der Waals surface area contributed by atoms with E-state index in [0.29, 0.717) is 30.1 Å². The summed E-state index contributed by atoms with van der Waals surface area (Å²) < 4.78 is 19.0. The number of benzene rings is 2. The summed E-state index contributed by atoms with van der Waals surface area (Å²) >= 11 is 5.84. The van der Waals surface area contributed by atoms with Crippen LogP contribution in [0, 0.1) is 5.82 Å². The monoisotopic (exact) mass is 432 g/mol. The number of guanidine groups is 1. The lowest BCUT2D eigenvalue weighted by Gasteiger charge is -2.14. The summed E-state index contributed by atoms with van der Waals surface area (Å²) in [6, 6.07) is 10.6. The van der Waals surface area contributed by atoms with E-state index < -0.39 is 11.7 Å². The van der Waals surface area contributed by atoms with Crippen molar-refractivity contribution >= 4 is 40.7 Å². The van der Waals surface area contributed by atoms with Crippen LogP contribution in [0.3, 0.4) is 0 Å². The highest BCUT2D eigenvalue weighted by Crippen LogP contribution is 2.19. The van der Waals surface area contributed by atoms with Gasteiger partial charge in [0.25, 0.3) is 5.91 Å². The second-order valence-corrected chi connectivity index (χ2v) is 7.20. The largest absolute Gasteiger partial charge is 0.376 e. The maximum Gasteiger partial charge on any atom is 0.258 e. The van der Waals surface area contributed by atoms with Crippen LogP contribution in [0.25, 0.3) is 0 Å². The van der Waals surface area contributed by atoms with Crippen molar-refractivity contribution in [3.63, 3.8) is 0 Å². The van der Waals surface area contributed by atoms with Gasteiger partial charge in [-0.05, 0) is 49.2 Å². The Morgan fingerprint density at radius 3 is 2.70 bits per heavy atom. The molecule has 0 saturated carbocycles. The molecule has 3 N–H and O–H groups in total. The standard InChI is InChI=1S/C21H22ClFN4O3/c1-13(28)25-15-5-2-4-14(10-15)20(29)27-21(24-12-17-6-3-9-30-17)26-16-7-8-19(23)18(22)11-16/h2,4-5,7-8,10-11,17H,3,6,9,12H2,1H3,(H,25,28)(H2,24,26,27,29)/t17-/m1/s1. The molecule has 1 fully saturated rings. The Balaban J connectivity index is 1.76. The van der Waals surface area contributed by atoms with Gasteiger partial charge in [0, 0.05) is 30.5 Å². The van der Waals surface area contributed by atoms with Gasteiger partial charge in [-0.2, -0.15) is 0 Å². The van der Waals surface area contributed by atoms with Gasteiger partial charge in [-0.3, -0.25) is 14.9 Å². The van der Waals surface area contributed by atoms with Crippen LogP contribution in [-0.4, -0.2) is 37.0 Å². The number of rotatable bonds is 5. The summed E-state index contributed by atoms with van der Waals surface area (Å²) in [7, 11) is 0. The Labute approximate surface area is 178 Å². The van der Waals surface area contributed by atoms with Crippen molar-refractivity contribution in [2.45, 2.75) is 25.9 Å². The van der Waals surface area contributed by atoms with Crippen LogP contribution in [-0.2, 0) is 9.53 Å². The van der Waals surface area contributed by atoms with Gasteiger partial charge in [0.2, 0.25) is 11.9 Å². The lowest BCUT2D eigenvalue weighted by Crippen LogP contribution is -2.36. The van der Waals surface area contributed by atoms with Crippen molar-refractivity contribution in [2.24, 2.45) is 4.99 Å². The van der Waals surface area contributed by atoms with E-state index in [1.54, 1.807) is 24.3 Å². The number of aliphatic imine (C=N–C) groups is 1. The average Bonchev–Trinajstić information content (AvgIpc) is 3.22. The molecule has 2 aromatic rings. The summed E-state index contributed by atoms with van der Waals surface area (Å²) in [6.45, 7) is 2.45. The fourth-order valence-electron chi connectivity index (χ4n) is 2.92. The smallest absolute Gasteiger partial charge is 0.258 e. The van der Waals surface area contributed by atoms with Crippen molar-refractivity contribution in [1.82, 2.24) is 5.32 Å². The van der Waals surface area contributed by atoms with Crippen molar-refractivity contribution in [1.29, 1.82) is 0 Å². The quantitative estimate of drug-likeness (QED) is 0.495. The van der Waals surface area contributed by atoms with E-state index >= 15 is 0 Å². The van der Waals surface area contributed by atoms with Crippen molar-refractivity contribution in [3.05, 3.63) is 58.9 Å². The van der Waals surface area contributed by atoms with Crippen LogP contribution >= 0.6 is 11.6 Å². The summed E-state index contributed by atoms with van der Waals surface area (Å²) in [6.07, 6.45) is 1.85. The molecule has 3 rings (SSSR count).